The standard InChI is InChI=1S/C30H31F2NO9/c1-37-29(36)17-33-4-5-38-6-7-39-8-9-40-10-11-41-28-12-18(2-3-23(28)33)30-19-13-21(31)24(34)15-26(19)42-27-16-25(35)22(32)14-20(27)30/h2-3,12-16,30,34-35H,4-11,17H2,1H3. The largest absolute Gasteiger partial charge is 0.505 e. The molecule has 0 bridgehead atoms. The number of benzene rings is 3. The molecule has 0 saturated carbocycles. The van der Waals surface area contributed by atoms with Crippen molar-refractivity contribution < 1.29 is 52.2 Å². The van der Waals surface area contributed by atoms with E-state index in [1.54, 1.807) is 23.1 Å². The van der Waals surface area contributed by atoms with E-state index in [2.05, 4.69) is 0 Å². The van der Waals surface area contributed by atoms with Gasteiger partial charge in [0.05, 0.1) is 52.4 Å². The topological polar surface area (TPSA) is 116 Å². The van der Waals surface area contributed by atoms with Crippen molar-refractivity contribution in [2.45, 2.75) is 5.92 Å². The number of phenolic OH excluding ortho intramolecular Hbond substituents is 2. The molecule has 2 aliphatic rings. The first kappa shape index (κ1) is 29.4. The second-order valence-electron chi connectivity index (χ2n) is 9.63. The Morgan fingerprint density at radius 2 is 1.40 bits per heavy atom. The quantitative estimate of drug-likeness (QED) is 0.340. The molecule has 10 nitrogen and oxygen atoms in total. The number of nitrogens with zero attached hydrogens (tertiary/aromatic N) is 1. The van der Waals surface area contributed by atoms with Crippen LogP contribution in [0, 0.1) is 11.6 Å². The molecule has 3 aromatic carbocycles. The van der Waals surface area contributed by atoms with Crippen molar-refractivity contribution in [3.8, 4) is 28.7 Å². The highest BCUT2D eigenvalue weighted by Crippen LogP contribution is 2.51. The van der Waals surface area contributed by atoms with Gasteiger partial charge in [0, 0.05) is 35.7 Å². The minimum absolute atomic E-state index is 0.0829. The van der Waals surface area contributed by atoms with Crippen LogP contribution in [0.1, 0.15) is 22.6 Å². The highest BCUT2D eigenvalue weighted by Gasteiger charge is 2.32. The number of rotatable bonds is 3. The molecule has 0 radical (unpaired) electrons. The summed E-state index contributed by atoms with van der Waals surface area (Å²) in [4.78, 5) is 14.1. The number of phenols is 2. The van der Waals surface area contributed by atoms with Gasteiger partial charge in [0.15, 0.2) is 23.1 Å². The first-order valence-corrected chi connectivity index (χ1v) is 13.4. The Kier molecular flexibility index (Phi) is 9.25. The Morgan fingerprint density at radius 1 is 0.833 bits per heavy atom. The van der Waals surface area contributed by atoms with Gasteiger partial charge in [0.2, 0.25) is 0 Å². The number of hydrogen-bond donors (Lipinski definition) is 2. The van der Waals surface area contributed by atoms with Crippen LogP contribution in [0.25, 0.3) is 0 Å². The van der Waals surface area contributed by atoms with Gasteiger partial charge in [-0.15, -0.1) is 0 Å². The Labute approximate surface area is 240 Å². The molecule has 2 N–H and O–H groups in total. The van der Waals surface area contributed by atoms with Gasteiger partial charge in [-0.3, -0.25) is 4.79 Å². The summed E-state index contributed by atoms with van der Waals surface area (Å²) in [5.41, 5.74) is 1.82. The number of aromatic hydroxyl groups is 2. The van der Waals surface area contributed by atoms with Crippen molar-refractivity contribution >= 4 is 11.7 Å². The van der Waals surface area contributed by atoms with Crippen LogP contribution in [0.5, 0.6) is 28.7 Å². The summed E-state index contributed by atoms with van der Waals surface area (Å²) in [5.74, 6) is -3.52. The molecule has 0 aromatic heterocycles. The molecule has 5 rings (SSSR count). The summed E-state index contributed by atoms with van der Waals surface area (Å²) in [7, 11) is 1.30. The molecule has 0 spiro atoms. The predicted molar refractivity (Wildman–Crippen MR) is 146 cm³/mol. The Hall–Kier alpha value is -4.13. The second kappa shape index (κ2) is 13.2. The van der Waals surface area contributed by atoms with Crippen LogP contribution in [0.15, 0.2) is 42.5 Å². The molecule has 2 heterocycles. The Morgan fingerprint density at radius 3 is 2.00 bits per heavy atom. The SMILES string of the molecule is COC(=O)CN1CCOCCOCCOCCOc2cc(C3c4cc(F)c(O)cc4Oc4cc(O)c(F)cc43)ccc21. The van der Waals surface area contributed by atoms with E-state index in [-0.39, 0.29) is 31.3 Å². The molecule has 0 saturated heterocycles. The fourth-order valence-corrected chi connectivity index (χ4v) is 4.91. The zero-order valence-electron chi connectivity index (χ0n) is 22.9. The Bertz CT molecular complexity index is 1380. The fraction of sp³-hybridized carbons (Fsp3) is 0.367. The summed E-state index contributed by atoms with van der Waals surface area (Å²) < 4.78 is 62.9. The van der Waals surface area contributed by atoms with Gasteiger partial charge in [-0.1, -0.05) is 6.07 Å². The van der Waals surface area contributed by atoms with E-state index in [4.69, 9.17) is 28.4 Å². The van der Waals surface area contributed by atoms with Gasteiger partial charge >= 0.3 is 5.97 Å². The molecule has 42 heavy (non-hydrogen) atoms. The van der Waals surface area contributed by atoms with Gasteiger partial charge in [0.25, 0.3) is 0 Å². The van der Waals surface area contributed by atoms with E-state index in [1.165, 1.54) is 7.11 Å². The van der Waals surface area contributed by atoms with Crippen molar-refractivity contribution in [1.29, 1.82) is 0 Å². The van der Waals surface area contributed by atoms with Crippen molar-refractivity contribution in [1.82, 2.24) is 0 Å². The number of methoxy groups -OCH3 is 1. The van der Waals surface area contributed by atoms with Gasteiger partial charge in [-0.05, 0) is 29.8 Å². The fourth-order valence-electron chi connectivity index (χ4n) is 4.91. The molecule has 3 aromatic rings. The maximum Gasteiger partial charge on any atom is 0.325 e. The van der Waals surface area contributed by atoms with Crippen molar-refractivity contribution in [2.75, 3.05) is 71.3 Å². The zero-order chi connectivity index (χ0) is 29.6. The third kappa shape index (κ3) is 6.51. The van der Waals surface area contributed by atoms with Crippen LogP contribution in [0.2, 0.25) is 0 Å². The number of anilines is 1. The van der Waals surface area contributed by atoms with Gasteiger partial charge in [-0.2, -0.15) is 0 Å². The van der Waals surface area contributed by atoms with Crippen LogP contribution in [-0.2, 0) is 23.7 Å². The summed E-state index contributed by atoms with van der Waals surface area (Å²) in [5, 5.41) is 20.0. The summed E-state index contributed by atoms with van der Waals surface area (Å²) in [6.07, 6.45) is 0. The van der Waals surface area contributed by atoms with E-state index >= 15 is 0 Å². The second-order valence-corrected chi connectivity index (χ2v) is 9.63. The smallest absolute Gasteiger partial charge is 0.325 e. The van der Waals surface area contributed by atoms with Crippen LogP contribution in [-0.4, -0.2) is 82.6 Å². The number of fused-ring (bicyclic) bond motifs is 3. The van der Waals surface area contributed by atoms with Crippen molar-refractivity contribution in [3.05, 3.63) is 70.8 Å². The monoisotopic (exact) mass is 587 g/mol. The molecule has 0 unspecified atom stereocenters. The van der Waals surface area contributed by atoms with Crippen LogP contribution >= 0.6 is 0 Å². The third-order valence-electron chi connectivity index (χ3n) is 6.94. The number of ether oxygens (including phenoxy) is 6. The number of esters is 1. The van der Waals surface area contributed by atoms with E-state index in [9.17, 15) is 23.8 Å². The first-order valence-electron chi connectivity index (χ1n) is 13.4. The number of halogens is 2. The van der Waals surface area contributed by atoms with Crippen LogP contribution in [0.3, 0.4) is 0 Å². The van der Waals surface area contributed by atoms with E-state index in [0.717, 1.165) is 24.3 Å². The molecular formula is C30H31F2NO9. The lowest BCUT2D eigenvalue weighted by Crippen LogP contribution is -2.34. The van der Waals surface area contributed by atoms with Crippen LogP contribution in [0.4, 0.5) is 14.5 Å². The van der Waals surface area contributed by atoms with Gasteiger partial charge < -0.3 is 43.5 Å². The zero-order valence-corrected chi connectivity index (χ0v) is 22.9. The average molecular weight is 588 g/mol. The number of carbonyl (C=O) groups excluding carboxylic acids is 1. The van der Waals surface area contributed by atoms with E-state index in [0.29, 0.717) is 67.7 Å². The third-order valence-corrected chi connectivity index (χ3v) is 6.94. The molecule has 0 fully saturated rings. The molecule has 0 amide bonds. The van der Waals surface area contributed by atoms with Crippen molar-refractivity contribution in [3.63, 3.8) is 0 Å². The number of carbonyl (C=O) groups is 1. The minimum atomic E-state index is -0.874. The maximum atomic E-state index is 14.6. The molecule has 12 heteroatoms. The normalized spacial score (nSPS) is 16.5. The van der Waals surface area contributed by atoms with Crippen LogP contribution < -0.4 is 14.4 Å². The molecule has 0 aliphatic carbocycles. The highest BCUT2D eigenvalue weighted by molar-refractivity contribution is 5.77. The highest BCUT2D eigenvalue weighted by atomic mass is 19.1. The number of hydrogen-bond acceptors (Lipinski definition) is 10. The Balaban J connectivity index is 1.60. The first-order chi connectivity index (χ1) is 20.4. The maximum absolute atomic E-state index is 14.6. The summed E-state index contributed by atoms with van der Waals surface area (Å²) >= 11 is 0. The molecular weight excluding hydrogens is 556 g/mol. The lowest BCUT2D eigenvalue weighted by Gasteiger charge is -2.31. The lowest BCUT2D eigenvalue weighted by molar-refractivity contribution is -0.139. The van der Waals surface area contributed by atoms with Gasteiger partial charge in [0.1, 0.15) is 30.4 Å². The van der Waals surface area contributed by atoms with E-state index < -0.39 is 35.0 Å². The summed E-state index contributed by atoms with van der Waals surface area (Å²) in [6, 6.07) is 9.77. The lowest BCUT2D eigenvalue weighted by atomic mass is 9.82. The summed E-state index contributed by atoms with van der Waals surface area (Å²) in [6.45, 7) is 2.53. The van der Waals surface area contributed by atoms with Gasteiger partial charge in [-0.25, -0.2) is 8.78 Å². The minimum Gasteiger partial charge on any atom is -0.505 e. The predicted octanol–water partition coefficient (Wildman–Crippen LogP) is 4.08. The van der Waals surface area contributed by atoms with Crippen molar-refractivity contribution in [2.24, 2.45) is 0 Å². The molecule has 2 aliphatic heterocycles. The molecule has 0 atom stereocenters. The molecule has 224 valence electrons. The van der Waals surface area contributed by atoms with E-state index in [1.807, 2.05) is 0 Å². The average Bonchev–Trinajstić information content (AvgIpc) is 2.98.